The summed E-state index contributed by atoms with van der Waals surface area (Å²) in [6, 6.07) is 13.2. The van der Waals surface area contributed by atoms with E-state index in [4.69, 9.17) is 0 Å². The van der Waals surface area contributed by atoms with Crippen molar-refractivity contribution in [3.8, 4) is 16.3 Å². The maximum atomic E-state index is 12.3. The molecule has 2 aromatic carbocycles. The molecule has 1 aromatic heterocycles. The van der Waals surface area contributed by atoms with Crippen LogP contribution in [-0.2, 0) is 6.42 Å². The van der Waals surface area contributed by atoms with E-state index in [1.165, 1.54) is 16.9 Å². The lowest BCUT2D eigenvalue weighted by Gasteiger charge is -2.04. The summed E-state index contributed by atoms with van der Waals surface area (Å²) < 4.78 is 0. The topological polar surface area (TPSA) is 62.2 Å². The highest BCUT2D eigenvalue weighted by Crippen LogP contribution is 2.28. The fraction of sp³-hybridized carbons (Fsp3) is 0.200. The van der Waals surface area contributed by atoms with Gasteiger partial charge in [0.2, 0.25) is 0 Å². The van der Waals surface area contributed by atoms with Gasteiger partial charge in [-0.15, -0.1) is 11.3 Å². The Morgan fingerprint density at radius 2 is 1.92 bits per heavy atom. The van der Waals surface area contributed by atoms with E-state index in [0.29, 0.717) is 11.4 Å². The van der Waals surface area contributed by atoms with Gasteiger partial charge >= 0.3 is 0 Å². The maximum absolute atomic E-state index is 12.3. The fourth-order valence-corrected chi connectivity index (χ4v) is 3.55. The van der Waals surface area contributed by atoms with Crippen LogP contribution in [0, 0.1) is 13.8 Å². The summed E-state index contributed by atoms with van der Waals surface area (Å²) in [6.07, 6.45) is 2.35. The van der Waals surface area contributed by atoms with Gasteiger partial charge in [0, 0.05) is 12.1 Å². The molecule has 25 heavy (non-hydrogen) atoms. The van der Waals surface area contributed by atoms with Gasteiger partial charge in [0.1, 0.15) is 15.6 Å². The van der Waals surface area contributed by atoms with Gasteiger partial charge in [-0.25, -0.2) is 4.98 Å². The predicted octanol–water partition coefficient (Wildman–Crippen LogP) is 4.11. The molecule has 0 aliphatic carbocycles. The van der Waals surface area contributed by atoms with Crippen LogP contribution in [0.15, 0.2) is 48.7 Å². The van der Waals surface area contributed by atoms with E-state index in [2.05, 4.69) is 42.3 Å². The Balaban J connectivity index is 1.61. The molecule has 0 radical (unpaired) electrons. The van der Waals surface area contributed by atoms with Crippen LogP contribution in [0.5, 0.6) is 5.75 Å². The number of carbonyl (C=O) groups is 1. The van der Waals surface area contributed by atoms with Gasteiger partial charge in [0.05, 0.1) is 6.20 Å². The van der Waals surface area contributed by atoms with Gasteiger partial charge in [0.15, 0.2) is 0 Å². The number of aromatic nitrogens is 1. The number of phenolic OH excluding ortho intramolecular Hbond substituents is 1. The molecule has 0 aliphatic rings. The molecule has 2 N–H and O–H groups in total. The van der Waals surface area contributed by atoms with Crippen LogP contribution in [0.3, 0.4) is 0 Å². The zero-order chi connectivity index (χ0) is 17.8. The van der Waals surface area contributed by atoms with Crippen molar-refractivity contribution in [3.63, 3.8) is 0 Å². The van der Waals surface area contributed by atoms with E-state index in [0.717, 1.165) is 28.1 Å². The number of benzene rings is 2. The van der Waals surface area contributed by atoms with Gasteiger partial charge in [-0.1, -0.05) is 35.9 Å². The molecule has 3 rings (SSSR count). The molecule has 4 nitrogen and oxygen atoms in total. The van der Waals surface area contributed by atoms with E-state index in [-0.39, 0.29) is 11.7 Å². The Bertz CT molecular complexity index is 885. The summed E-state index contributed by atoms with van der Waals surface area (Å²) in [6.45, 7) is 4.66. The summed E-state index contributed by atoms with van der Waals surface area (Å²) in [4.78, 5) is 17.3. The first-order valence-electron chi connectivity index (χ1n) is 8.12. The SMILES string of the molecule is Cc1ccc(-c2ncc(C(=O)NCCc3ccc(O)cc3)s2)c(C)c1. The number of nitrogens with zero attached hydrogens (tertiary/aromatic N) is 1. The number of hydrogen-bond acceptors (Lipinski definition) is 4. The van der Waals surface area contributed by atoms with Crippen molar-refractivity contribution in [2.45, 2.75) is 20.3 Å². The van der Waals surface area contributed by atoms with Gasteiger partial charge in [0.25, 0.3) is 5.91 Å². The third kappa shape index (κ3) is 4.25. The molecule has 128 valence electrons. The molecule has 0 atom stereocenters. The van der Waals surface area contributed by atoms with E-state index < -0.39 is 0 Å². The van der Waals surface area contributed by atoms with Crippen LogP contribution in [0.4, 0.5) is 0 Å². The second-order valence-corrected chi connectivity index (χ2v) is 7.05. The van der Waals surface area contributed by atoms with E-state index in [1.807, 2.05) is 12.1 Å². The van der Waals surface area contributed by atoms with Crippen molar-refractivity contribution in [1.82, 2.24) is 10.3 Å². The second kappa shape index (κ2) is 7.49. The molecular formula is C20H20N2O2S. The highest BCUT2D eigenvalue weighted by molar-refractivity contribution is 7.16. The number of thiazole rings is 1. The Hall–Kier alpha value is -2.66. The minimum Gasteiger partial charge on any atom is -0.508 e. The predicted molar refractivity (Wildman–Crippen MR) is 101 cm³/mol. The maximum Gasteiger partial charge on any atom is 0.263 e. The number of aromatic hydroxyl groups is 1. The Morgan fingerprint density at radius 3 is 2.64 bits per heavy atom. The average molecular weight is 352 g/mol. The fourth-order valence-electron chi connectivity index (χ4n) is 2.63. The minimum absolute atomic E-state index is 0.104. The summed E-state index contributed by atoms with van der Waals surface area (Å²) >= 11 is 1.41. The first-order chi connectivity index (χ1) is 12.0. The number of carbonyl (C=O) groups excluding carboxylic acids is 1. The monoisotopic (exact) mass is 352 g/mol. The first-order valence-corrected chi connectivity index (χ1v) is 8.94. The van der Waals surface area contributed by atoms with Crippen molar-refractivity contribution in [2.24, 2.45) is 0 Å². The van der Waals surface area contributed by atoms with Crippen LogP contribution < -0.4 is 5.32 Å². The summed E-state index contributed by atoms with van der Waals surface area (Å²) in [5.41, 5.74) is 4.51. The van der Waals surface area contributed by atoms with Crippen LogP contribution in [0.1, 0.15) is 26.4 Å². The van der Waals surface area contributed by atoms with Crippen LogP contribution in [-0.4, -0.2) is 22.5 Å². The van der Waals surface area contributed by atoms with Crippen LogP contribution in [0.25, 0.3) is 10.6 Å². The third-order valence-corrected chi connectivity index (χ3v) is 5.01. The van der Waals surface area contributed by atoms with E-state index in [9.17, 15) is 9.90 Å². The largest absolute Gasteiger partial charge is 0.508 e. The first kappa shape index (κ1) is 17.2. The standard InChI is InChI=1S/C20H20N2O2S/c1-13-3-8-17(14(2)11-13)20-22-12-18(25-20)19(24)21-10-9-15-4-6-16(23)7-5-15/h3-8,11-12,23H,9-10H2,1-2H3,(H,21,24). The molecule has 0 unspecified atom stereocenters. The lowest BCUT2D eigenvalue weighted by atomic mass is 10.1. The quantitative estimate of drug-likeness (QED) is 0.726. The lowest BCUT2D eigenvalue weighted by Crippen LogP contribution is -2.24. The number of hydrogen-bond donors (Lipinski definition) is 2. The smallest absolute Gasteiger partial charge is 0.263 e. The molecule has 0 saturated carbocycles. The summed E-state index contributed by atoms with van der Waals surface area (Å²) in [5.74, 6) is 0.142. The zero-order valence-electron chi connectivity index (χ0n) is 14.2. The number of aryl methyl sites for hydroxylation is 2. The van der Waals surface area contributed by atoms with E-state index >= 15 is 0 Å². The van der Waals surface area contributed by atoms with Gasteiger partial charge in [-0.05, 0) is 43.5 Å². The molecule has 1 amide bonds. The van der Waals surface area contributed by atoms with Crippen molar-refractivity contribution >= 4 is 17.2 Å². The molecule has 0 aliphatic heterocycles. The molecule has 5 heteroatoms. The van der Waals surface area contributed by atoms with Gasteiger partial charge < -0.3 is 10.4 Å². The van der Waals surface area contributed by atoms with Crippen molar-refractivity contribution in [3.05, 3.63) is 70.2 Å². The lowest BCUT2D eigenvalue weighted by molar-refractivity contribution is 0.0958. The zero-order valence-corrected chi connectivity index (χ0v) is 15.1. The Labute approximate surface area is 151 Å². The van der Waals surface area contributed by atoms with Crippen molar-refractivity contribution in [2.75, 3.05) is 6.54 Å². The normalized spacial score (nSPS) is 10.6. The molecule has 3 aromatic rings. The number of amides is 1. The highest BCUT2D eigenvalue weighted by atomic mass is 32.1. The number of phenols is 1. The third-order valence-electron chi connectivity index (χ3n) is 3.98. The van der Waals surface area contributed by atoms with Crippen molar-refractivity contribution < 1.29 is 9.90 Å². The summed E-state index contributed by atoms with van der Waals surface area (Å²) in [5, 5.41) is 13.1. The Morgan fingerprint density at radius 1 is 1.16 bits per heavy atom. The van der Waals surface area contributed by atoms with Crippen LogP contribution in [0.2, 0.25) is 0 Å². The number of rotatable bonds is 5. The van der Waals surface area contributed by atoms with Crippen LogP contribution >= 0.6 is 11.3 Å². The molecule has 0 bridgehead atoms. The molecular weight excluding hydrogens is 332 g/mol. The minimum atomic E-state index is -0.104. The highest BCUT2D eigenvalue weighted by Gasteiger charge is 2.12. The molecule has 1 heterocycles. The van der Waals surface area contributed by atoms with E-state index in [1.54, 1.807) is 18.3 Å². The molecule has 0 spiro atoms. The molecule has 0 fully saturated rings. The Kier molecular flexibility index (Phi) is 5.14. The molecule has 0 saturated heterocycles. The number of nitrogens with one attached hydrogen (secondary N) is 1. The van der Waals surface area contributed by atoms with Gasteiger partial charge in [-0.3, -0.25) is 4.79 Å². The average Bonchev–Trinajstić information content (AvgIpc) is 3.06. The van der Waals surface area contributed by atoms with Gasteiger partial charge in [-0.2, -0.15) is 0 Å². The second-order valence-electron chi connectivity index (χ2n) is 6.02. The summed E-state index contributed by atoms with van der Waals surface area (Å²) in [7, 11) is 0. The van der Waals surface area contributed by atoms with Crippen molar-refractivity contribution in [1.29, 1.82) is 0 Å².